The summed E-state index contributed by atoms with van der Waals surface area (Å²) in [6, 6.07) is 11.4. The monoisotopic (exact) mass is 437 g/mol. The number of methoxy groups -OCH3 is 1. The molecule has 0 bridgehead atoms. The third-order valence-corrected chi connectivity index (χ3v) is 4.90. The van der Waals surface area contributed by atoms with E-state index in [4.69, 9.17) is 14.5 Å². The summed E-state index contributed by atoms with van der Waals surface area (Å²) in [5.41, 5.74) is 6.03. The molecule has 1 unspecified atom stereocenters. The molecule has 168 valence electrons. The van der Waals surface area contributed by atoms with Gasteiger partial charge in [-0.05, 0) is 44.2 Å². The number of carbonyl (C=O) groups excluding carboxylic acids is 1. The van der Waals surface area contributed by atoms with E-state index in [2.05, 4.69) is 26.3 Å². The van der Waals surface area contributed by atoms with Gasteiger partial charge in [-0.2, -0.15) is 5.10 Å². The van der Waals surface area contributed by atoms with Gasteiger partial charge in [-0.3, -0.25) is 14.9 Å². The highest BCUT2D eigenvalue weighted by Crippen LogP contribution is 2.32. The van der Waals surface area contributed by atoms with E-state index in [1.807, 2.05) is 50.2 Å². The Hall–Kier alpha value is -3.79. The van der Waals surface area contributed by atoms with E-state index < -0.39 is 0 Å². The number of benzene rings is 2. The van der Waals surface area contributed by atoms with Crippen molar-refractivity contribution in [3.8, 4) is 11.5 Å². The maximum atomic E-state index is 11.8. The molecule has 2 heterocycles. The smallest absolute Gasteiger partial charge is 0.258 e. The highest BCUT2D eigenvalue weighted by atomic mass is 16.5. The Morgan fingerprint density at radius 3 is 2.88 bits per heavy atom. The van der Waals surface area contributed by atoms with Crippen LogP contribution < -0.4 is 25.5 Å². The van der Waals surface area contributed by atoms with Crippen molar-refractivity contribution in [1.29, 1.82) is 0 Å². The number of rotatable bonds is 7. The van der Waals surface area contributed by atoms with Crippen LogP contribution in [-0.2, 0) is 4.79 Å². The summed E-state index contributed by atoms with van der Waals surface area (Å²) in [5.74, 6) is 1.66. The Balaban J connectivity index is 1.47. The van der Waals surface area contributed by atoms with Crippen LogP contribution in [0.2, 0.25) is 0 Å². The Morgan fingerprint density at radius 1 is 1.25 bits per heavy atom. The molecule has 0 saturated carbocycles. The van der Waals surface area contributed by atoms with Gasteiger partial charge in [0.1, 0.15) is 17.7 Å². The number of anilines is 1. The van der Waals surface area contributed by atoms with Gasteiger partial charge in [0.15, 0.2) is 6.61 Å². The molecule has 4 rings (SSSR count). The topological polar surface area (TPSA) is 116 Å². The lowest BCUT2D eigenvalue weighted by Gasteiger charge is -2.18. The average molecular weight is 438 g/mol. The van der Waals surface area contributed by atoms with Crippen molar-refractivity contribution >= 4 is 28.5 Å². The minimum Gasteiger partial charge on any atom is -0.496 e. The number of carbonyl (C=O) groups is 1. The van der Waals surface area contributed by atoms with Crippen molar-refractivity contribution in [2.75, 3.05) is 26.1 Å². The Bertz CT molecular complexity index is 1140. The van der Waals surface area contributed by atoms with Crippen LogP contribution in [0.15, 0.2) is 47.6 Å². The van der Waals surface area contributed by atoms with Crippen molar-refractivity contribution in [3.05, 3.63) is 48.2 Å². The molecule has 0 saturated heterocycles. The van der Waals surface area contributed by atoms with Gasteiger partial charge in [-0.15, -0.1) is 0 Å². The van der Waals surface area contributed by atoms with Gasteiger partial charge in [-0.25, -0.2) is 10.4 Å². The van der Waals surface area contributed by atoms with Gasteiger partial charge in [0.05, 0.1) is 18.8 Å². The Labute approximate surface area is 186 Å². The summed E-state index contributed by atoms with van der Waals surface area (Å²) in [6.07, 6.45) is 1.44. The molecular weight excluding hydrogens is 410 g/mol. The number of aromatic nitrogens is 2. The average Bonchev–Trinajstić information content (AvgIpc) is 3.37. The molecule has 1 aromatic heterocycles. The lowest BCUT2D eigenvalue weighted by Crippen LogP contribution is -2.37. The largest absolute Gasteiger partial charge is 0.496 e. The van der Waals surface area contributed by atoms with Gasteiger partial charge in [-0.1, -0.05) is 0 Å². The van der Waals surface area contributed by atoms with Gasteiger partial charge in [0, 0.05) is 35.8 Å². The van der Waals surface area contributed by atoms with Crippen LogP contribution in [0.1, 0.15) is 25.6 Å². The fraction of sp³-hybridized carbons (Fsp3) is 0.318. The summed E-state index contributed by atoms with van der Waals surface area (Å²) in [5, 5.41) is 16.0. The van der Waals surface area contributed by atoms with E-state index in [-0.39, 0.29) is 24.7 Å². The van der Waals surface area contributed by atoms with Crippen molar-refractivity contribution in [1.82, 2.24) is 25.9 Å². The maximum Gasteiger partial charge on any atom is 0.258 e. The molecule has 10 heteroatoms. The van der Waals surface area contributed by atoms with Gasteiger partial charge >= 0.3 is 0 Å². The van der Waals surface area contributed by atoms with Crippen LogP contribution in [0.3, 0.4) is 0 Å². The zero-order chi connectivity index (χ0) is 22.7. The number of hydrogen-bond donors (Lipinski definition) is 4. The van der Waals surface area contributed by atoms with Crippen molar-refractivity contribution in [3.63, 3.8) is 0 Å². The van der Waals surface area contributed by atoms with E-state index in [0.29, 0.717) is 17.5 Å². The second-order valence-electron chi connectivity index (χ2n) is 7.76. The van der Waals surface area contributed by atoms with E-state index >= 15 is 0 Å². The molecule has 1 aliphatic heterocycles. The summed E-state index contributed by atoms with van der Waals surface area (Å²) >= 11 is 0. The highest BCUT2D eigenvalue weighted by Gasteiger charge is 2.26. The zero-order valence-corrected chi connectivity index (χ0v) is 18.5. The first-order valence-electron chi connectivity index (χ1n) is 10.3. The number of aromatic amines is 1. The predicted octanol–water partition coefficient (Wildman–Crippen LogP) is 2.39. The van der Waals surface area contributed by atoms with Crippen LogP contribution in [0.25, 0.3) is 10.9 Å². The number of hydrogen-bond acceptors (Lipinski definition) is 8. The molecule has 0 aliphatic carbocycles. The molecule has 1 atom stereocenters. The summed E-state index contributed by atoms with van der Waals surface area (Å²) in [7, 11) is 3.48. The summed E-state index contributed by atoms with van der Waals surface area (Å²) < 4.78 is 11.2. The van der Waals surface area contributed by atoms with Gasteiger partial charge < -0.3 is 20.1 Å². The Kier molecular flexibility index (Phi) is 6.13. The quantitative estimate of drug-likeness (QED) is 0.449. The minimum atomic E-state index is -0.339. The lowest BCUT2D eigenvalue weighted by molar-refractivity contribution is -0.123. The number of nitrogens with one attached hydrogen (secondary N) is 4. The molecule has 0 spiro atoms. The number of nitrogens with zero attached hydrogens (tertiary/aromatic N) is 3. The molecule has 0 fully saturated rings. The second kappa shape index (κ2) is 9.15. The highest BCUT2D eigenvalue weighted by molar-refractivity contribution is 5.96. The molecular formula is C22H27N7O3. The predicted molar refractivity (Wildman–Crippen MR) is 123 cm³/mol. The normalized spacial score (nSPS) is 15.7. The molecule has 2 aromatic carbocycles. The fourth-order valence-corrected chi connectivity index (χ4v) is 3.41. The van der Waals surface area contributed by atoms with Crippen molar-refractivity contribution in [2.45, 2.75) is 26.1 Å². The number of aliphatic imine (C=N–C) groups is 1. The number of guanidine groups is 1. The number of hydrazine groups is 1. The summed E-state index contributed by atoms with van der Waals surface area (Å²) in [4.78, 5) is 16.6. The maximum absolute atomic E-state index is 11.8. The number of H-pyrrole nitrogens is 1. The number of fused-ring (bicyclic) bond motifs is 1. The van der Waals surface area contributed by atoms with Gasteiger partial charge in [0.25, 0.3) is 5.91 Å². The third-order valence-electron chi connectivity index (χ3n) is 4.90. The van der Waals surface area contributed by atoms with E-state index in [0.717, 1.165) is 22.2 Å². The van der Waals surface area contributed by atoms with Crippen molar-refractivity contribution in [2.24, 2.45) is 4.99 Å². The molecule has 3 aromatic rings. The molecule has 0 radical (unpaired) electrons. The molecule has 4 N–H and O–H groups in total. The van der Waals surface area contributed by atoms with Crippen LogP contribution in [0.4, 0.5) is 5.69 Å². The van der Waals surface area contributed by atoms with E-state index in [1.165, 1.54) is 0 Å². The SMILES string of the molecule is COc1cc(OCC(=O)NC(C)C)ccc1C1N=C(Nc2ccc3[nH]ncc3c2)N(C)N1. The standard InChI is InChI=1S/C22H27N7O3/c1-13(2)24-20(30)12-32-16-6-7-17(19(10-16)31-4)21-26-22(29(3)28-21)25-15-5-8-18-14(9-15)11-23-27-18/h5-11,13,21,28H,12H2,1-4H3,(H,23,27)(H,24,30)(H,25,26). The van der Waals surface area contributed by atoms with Crippen LogP contribution in [-0.4, -0.2) is 53.9 Å². The minimum absolute atomic E-state index is 0.0572. The first kappa shape index (κ1) is 21.4. The number of ether oxygens (including phenoxy) is 2. The number of amides is 1. The summed E-state index contributed by atoms with van der Waals surface area (Å²) in [6.45, 7) is 3.75. The first-order valence-corrected chi connectivity index (χ1v) is 10.3. The van der Waals surface area contributed by atoms with Gasteiger partial charge in [0.2, 0.25) is 5.96 Å². The zero-order valence-electron chi connectivity index (χ0n) is 18.5. The Morgan fingerprint density at radius 2 is 2.09 bits per heavy atom. The van der Waals surface area contributed by atoms with E-state index in [9.17, 15) is 4.79 Å². The lowest BCUT2D eigenvalue weighted by atomic mass is 10.1. The molecule has 1 amide bonds. The molecule has 32 heavy (non-hydrogen) atoms. The third kappa shape index (κ3) is 4.75. The van der Waals surface area contributed by atoms with Crippen LogP contribution >= 0.6 is 0 Å². The van der Waals surface area contributed by atoms with E-state index in [1.54, 1.807) is 25.4 Å². The molecule has 10 nitrogen and oxygen atoms in total. The second-order valence-corrected chi connectivity index (χ2v) is 7.76. The molecule has 1 aliphatic rings. The van der Waals surface area contributed by atoms with Crippen LogP contribution in [0, 0.1) is 0 Å². The van der Waals surface area contributed by atoms with Crippen LogP contribution in [0.5, 0.6) is 11.5 Å². The first-order chi connectivity index (χ1) is 15.4. The fourth-order valence-electron chi connectivity index (χ4n) is 3.41. The van der Waals surface area contributed by atoms with Crippen molar-refractivity contribution < 1.29 is 14.3 Å².